The number of para-hydroxylation sites is 1. The number of carbonyl (C=O) groups excluding carboxylic acids is 13. The number of aliphatic hydroxyl groups excluding tert-OH is 1. The molecule has 0 spiro atoms. The van der Waals surface area contributed by atoms with Crippen molar-refractivity contribution in [3.63, 3.8) is 0 Å². The number of carbonyl (C=O) groups is 14. The molecule has 596 valence electrons. The Morgan fingerprint density at radius 3 is 1.59 bits per heavy atom. The van der Waals surface area contributed by atoms with Crippen LogP contribution in [0.3, 0.4) is 0 Å². The number of hydrogen-bond acceptors (Lipinski definition) is 20. The Bertz CT molecular complexity index is 4270. The number of hydrogen-bond donors (Lipinski definition) is 20. The Kier molecular flexibility index (Phi) is 31.4. The third-order valence-electron chi connectivity index (χ3n) is 18.8. The van der Waals surface area contributed by atoms with Gasteiger partial charge in [0.25, 0.3) is 0 Å². The van der Waals surface area contributed by atoms with Crippen LogP contribution in [0.2, 0.25) is 0 Å². The molecule has 0 saturated carbocycles. The molecule has 0 radical (unpaired) electrons. The first-order valence-corrected chi connectivity index (χ1v) is 36.1. The van der Waals surface area contributed by atoms with Gasteiger partial charge in [-0.3, -0.25) is 62.3 Å². The lowest BCUT2D eigenvalue weighted by Gasteiger charge is -2.32. The first-order valence-electron chi connectivity index (χ1n) is 36.1. The quantitative estimate of drug-likeness (QED) is 0.0191. The highest BCUT2D eigenvalue weighted by atomic mass is 16.4. The van der Waals surface area contributed by atoms with Crippen molar-refractivity contribution in [1.82, 2.24) is 73.0 Å². The summed E-state index contributed by atoms with van der Waals surface area (Å²) in [5, 5.41) is 77.2. The Balaban J connectivity index is 1.08. The van der Waals surface area contributed by atoms with Crippen molar-refractivity contribution >= 4 is 93.7 Å². The summed E-state index contributed by atoms with van der Waals surface area (Å²) in [6.45, 7) is 6.51. The van der Waals surface area contributed by atoms with Gasteiger partial charge in [0.2, 0.25) is 76.8 Å². The van der Waals surface area contributed by atoms with Crippen molar-refractivity contribution in [2.45, 2.75) is 178 Å². The number of carboxylic acids is 1. The molecule has 2 aromatic heterocycles. The van der Waals surface area contributed by atoms with Gasteiger partial charge in [0, 0.05) is 67.6 Å². The number of imidazole rings is 1. The standard InChI is InChI=1S/C75H97N17O19/c1-6-39(4)63(75(110)111)90-73(108)62(38(2)3)89-71(106)57(33-60(78)98)88-67(102)52(25-26-59(77)97)84-72(107)58-12-9-27-92(58)74(109)64(40(5)93)91-70(105)54(30-43-17-23-48(96)24-18-43)83-61(99)36-81-66(101)53(29-42-15-21-47(95)22-16-42)86-68(103)55(31-44-34-80-51-11-8-7-10-49(44)51)87-69(104)56(32-45-35-79-37-82-45)85-65(100)50(76)28-41-13-19-46(94)20-14-41/h7-8,10-11,13-24,34-35,37-40,50,52-58,62-64,80,93-96H,6,9,12,25-33,36,76H2,1-5H3,(H2,77,97)(H2,78,98)(H,79,82)(H,81,101)(H,83,99)(H,84,107)(H,85,100)(H,86,103)(H,87,104)(H,88,102)(H,89,106)(H,90,108)(H,91,105)(H,110,111)/t39-,40+,50-,52-,53-,54-,55-,56-,57-,58-,62-,63-,64-/m0/s1. The molecule has 0 bridgehead atoms. The number of phenolic OH excluding ortho intramolecular Hbond substituents is 3. The van der Waals surface area contributed by atoms with Crippen LogP contribution in [-0.2, 0) is 99.2 Å². The number of aromatic hydroxyl groups is 3. The first-order chi connectivity index (χ1) is 52.7. The second-order valence-electron chi connectivity index (χ2n) is 27.7. The number of primary amides is 2. The third kappa shape index (κ3) is 25.6. The maximum absolute atomic E-state index is 15.0. The van der Waals surface area contributed by atoms with E-state index in [0.29, 0.717) is 45.3 Å². The summed E-state index contributed by atoms with van der Waals surface area (Å²) in [6, 6.07) is 7.38. The topological polar surface area (TPSA) is 586 Å². The molecule has 36 heteroatoms. The van der Waals surface area contributed by atoms with Gasteiger partial charge in [-0.05, 0) is 109 Å². The third-order valence-corrected chi connectivity index (χ3v) is 18.8. The molecular weight excluding hydrogens is 1440 g/mol. The number of H-pyrrole nitrogens is 2. The average molecular weight is 1540 g/mol. The van der Waals surface area contributed by atoms with Gasteiger partial charge >= 0.3 is 5.97 Å². The number of amides is 13. The number of phenols is 3. The summed E-state index contributed by atoms with van der Waals surface area (Å²) >= 11 is 0. The first kappa shape index (κ1) is 85.8. The summed E-state index contributed by atoms with van der Waals surface area (Å²) in [6.07, 6.45) is 0.335. The van der Waals surface area contributed by atoms with Crippen LogP contribution in [0.5, 0.6) is 17.2 Å². The van der Waals surface area contributed by atoms with Gasteiger partial charge in [-0.15, -0.1) is 0 Å². The lowest BCUT2D eigenvalue weighted by molar-refractivity contribution is -0.145. The Labute approximate surface area is 637 Å². The van der Waals surface area contributed by atoms with Crippen molar-refractivity contribution in [3.8, 4) is 17.2 Å². The van der Waals surface area contributed by atoms with Crippen LogP contribution in [0.1, 0.15) is 101 Å². The molecule has 7 rings (SSSR count). The number of aromatic nitrogens is 3. The lowest BCUT2D eigenvalue weighted by atomic mass is 9.97. The van der Waals surface area contributed by atoms with Crippen LogP contribution in [0.4, 0.5) is 0 Å². The van der Waals surface area contributed by atoms with Crippen molar-refractivity contribution in [1.29, 1.82) is 0 Å². The zero-order valence-corrected chi connectivity index (χ0v) is 61.8. The van der Waals surface area contributed by atoms with E-state index in [4.69, 9.17) is 17.2 Å². The van der Waals surface area contributed by atoms with Crippen LogP contribution in [0.25, 0.3) is 10.9 Å². The van der Waals surface area contributed by atoms with E-state index in [9.17, 15) is 92.7 Å². The normalized spacial score (nSPS) is 15.9. The average Bonchev–Trinajstić information content (AvgIpc) is 1.79. The Morgan fingerprint density at radius 1 is 0.550 bits per heavy atom. The molecule has 13 atom stereocenters. The van der Waals surface area contributed by atoms with Crippen molar-refractivity contribution in [2.75, 3.05) is 13.1 Å². The number of benzene rings is 4. The van der Waals surface area contributed by atoms with Gasteiger partial charge < -0.3 is 111 Å². The molecule has 3 heterocycles. The van der Waals surface area contributed by atoms with Crippen molar-refractivity contribution < 1.29 is 92.7 Å². The molecule has 0 aliphatic carbocycles. The molecule has 6 aromatic rings. The number of nitrogens with two attached hydrogens (primary N) is 3. The predicted molar refractivity (Wildman–Crippen MR) is 399 cm³/mol. The van der Waals surface area contributed by atoms with Crippen molar-refractivity contribution in [2.24, 2.45) is 29.0 Å². The van der Waals surface area contributed by atoms with Gasteiger partial charge in [0.1, 0.15) is 77.7 Å². The second-order valence-corrected chi connectivity index (χ2v) is 27.7. The van der Waals surface area contributed by atoms with E-state index >= 15 is 0 Å². The number of fused-ring (bicyclic) bond motifs is 1. The monoisotopic (exact) mass is 1540 g/mol. The zero-order chi connectivity index (χ0) is 81.3. The molecule has 0 unspecified atom stereocenters. The number of aromatic amines is 2. The van der Waals surface area contributed by atoms with Gasteiger partial charge in [0.05, 0.1) is 31.4 Å². The molecule has 1 aliphatic heterocycles. The zero-order valence-electron chi connectivity index (χ0n) is 61.8. The number of aliphatic carboxylic acids is 1. The van der Waals surface area contributed by atoms with E-state index in [0.717, 1.165) is 11.8 Å². The molecular formula is C75H97N17O19. The van der Waals surface area contributed by atoms with Crippen molar-refractivity contribution in [3.05, 3.63) is 144 Å². The maximum atomic E-state index is 15.0. The maximum Gasteiger partial charge on any atom is 0.326 e. The highest BCUT2D eigenvalue weighted by Crippen LogP contribution is 2.24. The summed E-state index contributed by atoms with van der Waals surface area (Å²) in [5.74, 6) is -15.6. The fourth-order valence-electron chi connectivity index (χ4n) is 12.4. The lowest BCUT2D eigenvalue weighted by Crippen LogP contribution is -2.62. The van der Waals surface area contributed by atoms with Crippen LogP contribution in [-0.4, -0.2) is 214 Å². The molecule has 1 fully saturated rings. The number of rotatable bonds is 41. The molecule has 23 N–H and O–H groups in total. The highest BCUT2D eigenvalue weighted by Gasteiger charge is 2.43. The molecule has 1 aliphatic rings. The van der Waals surface area contributed by atoms with Gasteiger partial charge in [-0.2, -0.15) is 0 Å². The minimum absolute atomic E-state index is 0.00539. The smallest absolute Gasteiger partial charge is 0.326 e. The molecule has 4 aromatic carbocycles. The number of aliphatic hydroxyl groups is 1. The van der Waals surface area contributed by atoms with Crippen LogP contribution in [0, 0.1) is 11.8 Å². The van der Waals surface area contributed by atoms with Crippen LogP contribution >= 0.6 is 0 Å². The number of carboxylic acid groups (broad SMARTS) is 1. The highest BCUT2D eigenvalue weighted by molar-refractivity contribution is 6.00. The molecule has 111 heavy (non-hydrogen) atoms. The van der Waals surface area contributed by atoms with E-state index in [1.807, 2.05) is 0 Å². The van der Waals surface area contributed by atoms with Gasteiger partial charge in [0.15, 0.2) is 0 Å². The van der Waals surface area contributed by atoms with Gasteiger partial charge in [-0.25, -0.2) is 9.78 Å². The summed E-state index contributed by atoms with van der Waals surface area (Å²) in [7, 11) is 0. The number of nitrogens with one attached hydrogen (secondary N) is 12. The number of likely N-dealkylation sites (tertiary alicyclic amines) is 1. The largest absolute Gasteiger partial charge is 0.508 e. The number of nitrogens with zero attached hydrogens (tertiary/aromatic N) is 2. The Hall–Kier alpha value is -12.5. The fraction of sp³-hybridized carbons (Fsp3) is 0.427. The molecule has 13 amide bonds. The van der Waals surface area contributed by atoms with E-state index in [2.05, 4.69) is 68.1 Å². The van der Waals surface area contributed by atoms with E-state index in [1.54, 1.807) is 56.4 Å². The molecule has 1 saturated heterocycles. The van der Waals surface area contributed by atoms with E-state index in [1.165, 1.54) is 87.0 Å². The van der Waals surface area contributed by atoms with Crippen LogP contribution < -0.4 is 70.4 Å². The fourth-order valence-corrected chi connectivity index (χ4v) is 12.4. The summed E-state index contributed by atoms with van der Waals surface area (Å²) in [4.78, 5) is 205. The Morgan fingerprint density at radius 2 is 1.05 bits per heavy atom. The second kappa shape index (κ2) is 40.6. The summed E-state index contributed by atoms with van der Waals surface area (Å²) < 4.78 is 0. The molecule has 36 nitrogen and oxygen atoms in total. The minimum Gasteiger partial charge on any atom is -0.508 e. The predicted octanol–water partition coefficient (Wildman–Crippen LogP) is -2.37. The van der Waals surface area contributed by atoms with E-state index < -0.39 is 193 Å². The minimum atomic E-state index is -1.86. The van der Waals surface area contributed by atoms with Gasteiger partial charge in [-0.1, -0.05) is 88.7 Å². The van der Waals surface area contributed by atoms with E-state index in [-0.39, 0.29) is 68.7 Å². The SMILES string of the molecule is CC[C@H](C)[C@H](NC(=O)[C@@H](NC(=O)[C@H](CC(N)=O)NC(=O)[C@H](CCC(N)=O)NC(=O)[C@@H]1CCCN1C(=O)[C@@H](NC(=O)[C@H](Cc1ccc(O)cc1)NC(=O)CNC(=O)[C@H](Cc1ccc(O)cc1)NC(=O)[C@H](Cc1c[nH]c2ccccc12)NC(=O)[C@H](Cc1cnc[nH]1)NC(=O)[C@@H](N)Cc1ccc(O)cc1)[C@@H](C)O)C(C)C)C(=O)O. The summed E-state index contributed by atoms with van der Waals surface area (Å²) in [5.41, 5.74) is 20.3. The van der Waals surface area contributed by atoms with Crippen LogP contribution in [0.15, 0.2) is 116 Å².